The average molecular weight is 342 g/mol. The second kappa shape index (κ2) is 5.84. The molecule has 1 aliphatic rings. The molecule has 2 unspecified atom stereocenters. The number of halogens is 1. The fourth-order valence-electron chi connectivity index (χ4n) is 3.20. The fourth-order valence-corrected chi connectivity index (χ4v) is 3.70. The molecule has 0 spiro atoms. The van der Waals surface area contributed by atoms with E-state index in [9.17, 15) is 0 Å². The zero-order valence-corrected chi connectivity index (χ0v) is 15.0. The first-order valence-electron chi connectivity index (χ1n) is 7.66. The highest BCUT2D eigenvalue weighted by Crippen LogP contribution is 2.48. The van der Waals surface area contributed by atoms with Crippen LogP contribution in [0.25, 0.3) is 0 Å². The lowest BCUT2D eigenvalue weighted by Crippen LogP contribution is -2.42. The Balaban J connectivity index is 2.15. The van der Waals surface area contributed by atoms with Crippen LogP contribution in [-0.4, -0.2) is 12.1 Å². The number of hydrogen-bond acceptors (Lipinski definition) is 2. The largest absolute Gasteiger partial charge is 0.468 e. The van der Waals surface area contributed by atoms with Crippen molar-refractivity contribution in [2.75, 3.05) is 6.54 Å². The first kappa shape index (κ1) is 16.1. The summed E-state index contributed by atoms with van der Waals surface area (Å²) in [5.41, 5.74) is 0.590. The number of rotatable bonds is 3. The molecule has 1 saturated carbocycles. The minimum absolute atomic E-state index is 0.178. The molecule has 114 valence electrons. The van der Waals surface area contributed by atoms with Crippen LogP contribution in [0, 0.1) is 11.3 Å². The quantitative estimate of drug-likeness (QED) is 0.802. The Morgan fingerprint density at radius 3 is 2.65 bits per heavy atom. The highest BCUT2D eigenvalue weighted by molar-refractivity contribution is 9.10. The molecule has 20 heavy (non-hydrogen) atoms. The minimum Gasteiger partial charge on any atom is -0.468 e. The number of nitrogens with one attached hydrogen (secondary N) is 1. The van der Waals surface area contributed by atoms with E-state index < -0.39 is 0 Å². The molecule has 1 aliphatic carbocycles. The summed E-state index contributed by atoms with van der Waals surface area (Å²) in [4.78, 5) is 0. The molecule has 0 aromatic carbocycles. The summed E-state index contributed by atoms with van der Waals surface area (Å²) in [6, 6.07) is 2.02. The van der Waals surface area contributed by atoms with Gasteiger partial charge >= 0.3 is 0 Å². The summed E-state index contributed by atoms with van der Waals surface area (Å²) in [6.07, 6.45) is 5.58. The Hall–Kier alpha value is -0.280. The standard InChI is InChI=1S/C17H28BrNO/c1-16(2,3)19-11-12-6-8-17(4,5)10-13(12)15-14(18)7-9-20-15/h7,9,12-13,19H,6,8,10-11H2,1-5H3. The van der Waals surface area contributed by atoms with Gasteiger partial charge in [0.05, 0.1) is 10.7 Å². The van der Waals surface area contributed by atoms with Gasteiger partial charge in [0.15, 0.2) is 0 Å². The van der Waals surface area contributed by atoms with Gasteiger partial charge < -0.3 is 9.73 Å². The molecule has 0 radical (unpaired) electrons. The first-order chi connectivity index (χ1) is 9.18. The predicted molar refractivity (Wildman–Crippen MR) is 88.0 cm³/mol. The normalized spacial score (nSPS) is 26.7. The van der Waals surface area contributed by atoms with E-state index >= 15 is 0 Å². The summed E-state index contributed by atoms with van der Waals surface area (Å²) in [6.45, 7) is 12.5. The molecule has 2 atom stereocenters. The lowest BCUT2D eigenvalue weighted by molar-refractivity contribution is 0.140. The minimum atomic E-state index is 0.178. The van der Waals surface area contributed by atoms with Crippen LogP contribution in [-0.2, 0) is 0 Å². The van der Waals surface area contributed by atoms with E-state index in [2.05, 4.69) is 55.9 Å². The topological polar surface area (TPSA) is 25.2 Å². The first-order valence-corrected chi connectivity index (χ1v) is 8.45. The van der Waals surface area contributed by atoms with Crippen molar-refractivity contribution in [2.24, 2.45) is 11.3 Å². The Bertz CT molecular complexity index is 444. The smallest absolute Gasteiger partial charge is 0.121 e. The van der Waals surface area contributed by atoms with Crippen LogP contribution in [0.4, 0.5) is 0 Å². The van der Waals surface area contributed by atoms with Crippen LogP contribution in [0.15, 0.2) is 21.2 Å². The monoisotopic (exact) mass is 341 g/mol. The molecule has 0 amide bonds. The van der Waals surface area contributed by atoms with E-state index in [1.54, 1.807) is 6.26 Å². The maximum Gasteiger partial charge on any atom is 0.121 e. The summed E-state index contributed by atoms with van der Waals surface area (Å²) in [5.74, 6) is 2.31. The molecule has 1 heterocycles. The van der Waals surface area contributed by atoms with Gasteiger partial charge in [0.2, 0.25) is 0 Å². The van der Waals surface area contributed by atoms with Crippen molar-refractivity contribution in [2.45, 2.75) is 65.3 Å². The molecule has 1 N–H and O–H groups in total. The van der Waals surface area contributed by atoms with Crippen molar-refractivity contribution in [3.8, 4) is 0 Å². The van der Waals surface area contributed by atoms with Crippen molar-refractivity contribution in [3.63, 3.8) is 0 Å². The van der Waals surface area contributed by atoms with Gasteiger partial charge in [-0.1, -0.05) is 13.8 Å². The Labute approximate surface area is 131 Å². The Kier molecular flexibility index (Phi) is 4.70. The molecule has 0 aliphatic heterocycles. The maximum absolute atomic E-state index is 5.78. The molecule has 2 nitrogen and oxygen atoms in total. The van der Waals surface area contributed by atoms with E-state index in [-0.39, 0.29) is 5.54 Å². The molecular weight excluding hydrogens is 314 g/mol. The van der Waals surface area contributed by atoms with Crippen LogP contribution in [0.3, 0.4) is 0 Å². The molecule has 1 aromatic heterocycles. The molecular formula is C17H28BrNO. The maximum atomic E-state index is 5.78. The van der Waals surface area contributed by atoms with E-state index in [1.165, 1.54) is 19.3 Å². The summed E-state index contributed by atoms with van der Waals surface area (Å²) >= 11 is 3.64. The van der Waals surface area contributed by atoms with Crippen molar-refractivity contribution < 1.29 is 4.42 Å². The molecule has 3 heteroatoms. The van der Waals surface area contributed by atoms with Crippen LogP contribution < -0.4 is 5.32 Å². The fraction of sp³-hybridized carbons (Fsp3) is 0.765. The zero-order chi connectivity index (χ0) is 15.0. The number of hydrogen-bond donors (Lipinski definition) is 1. The van der Waals surface area contributed by atoms with Gasteiger partial charge in [-0.05, 0) is 79.9 Å². The van der Waals surface area contributed by atoms with Crippen LogP contribution in [0.1, 0.15) is 65.6 Å². The lowest BCUT2D eigenvalue weighted by atomic mass is 9.66. The van der Waals surface area contributed by atoms with Crippen molar-refractivity contribution in [1.82, 2.24) is 5.32 Å². The van der Waals surface area contributed by atoms with Gasteiger partial charge in [0.1, 0.15) is 5.76 Å². The van der Waals surface area contributed by atoms with E-state index in [0.717, 1.165) is 16.8 Å². The third-order valence-corrected chi connectivity index (χ3v) is 5.06. The van der Waals surface area contributed by atoms with Crippen molar-refractivity contribution in [1.29, 1.82) is 0 Å². The second-order valence-electron chi connectivity index (χ2n) is 8.04. The summed E-state index contributed by atoms with van der Waals surface area (Å²) < 4.78 is 6.91. The van der Waals surface area contributed by atoms with E-state index in [0.29, 0.717) is 17.3 Å². The molecule has 0 bridgehead atoms. The second-order valence-corrected chi connectivity index (χ2v) is 8.89. The number of furan rings is 1. The Morgan fingerprint density at radius 1 is 1.40 bits per heavy atom. The van der Waals surface area contributed by atoms with Crippen LogP contribution in [0.2, 0.25) is 0 Å². The van der Waals surface area contributed by atoms with Gasteiger partial charge in [0.25, 0.3) is 0 Å². The van der Waals surface area contributed by atoms with Gasteiger partial charge in [0, 0.05) is 11.5 Å². The molecule has 1 fully saturated rings. The van der Waals surface area contributed by atoms with Crippen molar-refractivity contribution >= 4 is 15.9 Å². The van der Waals surface area contributed by atoms with Gasteiger partial charge in [-0.25, -0.2) is 0 Å². The molecule has 1 aromatic rings. The highest BCUT2D eigenvalue weighted by atomic mass is 79.9. The van der Waals surface area contributed by atoms with E-state index in [4.69, 9.17) is 4.42 Å². The average Bonchev–Trinajstić information content (AvgIpc) is 2.71. The van der Waals surface area contributed by atoms with Crippen molar-refractivity contribution in [3.05, 3.63) is 22.6 Å². The summed E-state index contributed by atoms with van der Waals surface area (Å²) in [5, 5.41) is 3.67. The summed E-state index contributed by atoms with van der Waals surface area (Å²) in [7, 11) is 0. The predicted octanol–water partition coefficient (Wildman–Crippen LogP) is 5.34. The van der Waals surface area contributed by atoms with Crippen LogP contribution >= 0.6 is 15.9 Å². The third kappa shape index (κ3) is 4.11. The Morgan fingerprint density at radius 2 is 2.10 bits per heavy atom. The van der Waals surface area contributed by atoms with E-state index in [1.807, 2.05) is 6.07 Å². The highest BCUT2D eigenvalue weighted by Gasteiger charge is 2.38. The van der Waals surface area contributed by atoms with Gasteiger partial charge in [-0.2, -0.15) is 0 Å². The lowest BCUT2D eigenvalue weighted by Gasteiger charge is -2.41. The van der Waals surface area contributed by atoms with Gasteiger partial charge in [-0.3, -0.25) is 0 Å². The molecule has 0 saturated heterocycles. The SMILES string of the molecule is CC1(C)CCC(CNC(C)(C)C)C(c2occc2Br)C1. The third-order valence-electron chi connectivity index (χ3n) is 4.41. The van der Waals surface area contributed by atoms with Gasteiger partial charge in [-0.15, -0.1) is 0 Å². The molecule has 2 rings (SSSR count). The zero-order valence-electron chi connectivity index (χ0n) is 13.4. The van der Waals surface area contributed by atoms with Crippen LogP contribution in [0.5, 0.6) is 0 Å².